The maximum atomic E-state index is 12.9. The molecule has 194 valence electrons. The molecule has 11 heteroatoms. The monoisotopic (exact) mass is 530 g/mol. The molecule has 0 fully saturated rings. The molecular formula is C26H25F3N4O3S. The highest BCUT2D eigenvalue weighted by Crippen LogP contribution is 2.35. The largest absolute Gasteiger partial charge is 0.493 e. The van der Waals surface area contributed by atoms with Crippen LogP contribution in [-0.4, -0.2) is 46.4 Å². The third kappa shape index (κ3) is 6.40. The molecule has 0 saturated heterocycles. The van der Waals surface area contributed by atoms with Crippen LogP contribution in [-0.2, 0) is 4.79 Å². The number of amidine groups is 2. The minimum atomic E-state index is -4.68. The van der Waals surface area contributed by atoms with Crippen molar-refractivity contribution >= 4 is 39.8 Å². The lowest BCUT2D eigenvalue weighted by Gasteiger charge is -2.20. The van der Waals surface area contributed by atoms with Crippen LogP contribution < -0.4 is 9.47 Å². The molecule has 2 aromatic rings. The second-order valence-electron chi connectivity index (χ2n) is 8.42. The van der Waals surface area contributed by atoms with Gasteiger partial charge in [0.05, 0.1) is 18.8 Å². The fourth-order valence-electron chi connectivity index (χ4n) is 3.50. The number of alkyl halides is 3. The minimum absolute atomic E-state index is 0.153. The third-order valence-electron chi connectivity index (χ3n) is 5.78. The van der Waals surface area contributed by atoms with Crippen LogP contribution in [0.2, 0.25) is 0 Å². The number of amides is 1. The third-order valence-corrected chi connectivity index (χ3v) is 6.73. The number of rotatable bonds is 9. The summed E-state index contributed by atoms with van der Waals surface area (Å²) in [6.07, 6.45) is -1.52. The number of ether oxygens (including phenoxy) is 2. The number of hydrazone groups is 1. The fourth-order valence-corrected chi connectivity index (χ4v) is 4.26. The van der Waals surface area contributed by atoms with Crippen molar-refractivity contribution in [2.24, 2.45) is 10.1 Å². The average molecular weight is 531 g/mol. The van der Waals surface area contributed by atoms with Crippen molar-refractivity contribution < 1.29 is 27.4 Å². The quantitative estimate of drug-likeness (QED) is 0.307. The van der Waals surface area contributed by atoms with Crippen LogP contribution in [0.4, 0.5) is 13.2 Å². The first kappa shape index (κ1) is 26.5. The molecule has 1 amide bonds. The first-order valence-electron chi connectivity index (χ1n) is 11.7. The summed E-state index contributed by atoms with van der Waals surface area (Å²) in [6, 6.07) is 14.9. The number of halogens is 3. The zero-order valence-electron chi connectivity index (χ0n) is 20.2. The van der Waals surface area contributed by atoms with Gasteiger partial charge in [-0.05, 0) is 65.6 Å². The lowest BCUT2D eigenvalue weighted by molar-refractivity contribution is -0.114. The van der Waals surface area contributed by atoms with E-state index in [-0.39, 0.29) is 22.5 Å². The van der Waals surface area contributed by atoms with E-state index < -0.39 is 23.0 Å². The van der Waals surface area contributed by atoms with Crippen molar-refractivity contribution in [3.05, 3.63) is 65.2 Å². The lowest BCUT2D eigenvalue weighted by atomic mass is 9.99. The van der Waals surface area contributed by atoms with Gasteiger partial charge in [-0.25, -0.2) is 0 Å². The molecule has 0 aliphatic carbocycles. The molecule has 2 aliphatic rings. The predicted octanol–water partition coefficient (Wildman–Crippen LogP) is 6.23. The summed E-state index contributed by atoms with van der Waals surface area (Å²) in [5.74, 6) is 0.692. The molecule has 0 aromatic heterocycles. The van der Waals surface area contributed by atoms with Crippen molar-refractivity contribution in [2.75, 3.05) is 13.2 Å². The van der Waals surface area contributed by atoms with Crippen molar-refractivity contribution in [2.45, 2.75) is 38.8 Å². The Bertz CT molecular complexity index is 1260. The molecule has 7 nitrogen and oxygen atoms in total. The molecule has 2 heterocycles. The number of hydrogen-bond acceptors (Lipinski definition) is 6. The number of fused-ring (bicyclic) bond motifs is 1. The highest BCUT2D eigenvalue weighted by atomic mass is 32.2. The molecule has 37 heavy (non-hydrogen) atoms. The van der Waals surface area contributed by atoms with Gasteiger partial charge in [0.1, 0.15) is 11.5 Å². The highest BCUT2D eigenvalue weighted by molar-refractivity contribution is 8.27. The van der Waals surface area contributed by atoms with Crippen molar-refractivity contribution in [3.8, 4) is 11.5 Å². The van der Waals surface area contributed by atoms with Crippen molar-refractivity contribution in [1.29, 1.82) is 5.41 Å². The maximum Gasteiger partial charge on any atom is 0.441 e. The Morgan fingerprint density at radius 2 is 1.65 bits per heavy atom. The summed E-state index contributed by atoms with van der Waals surface area (Å²) < 4.78 is 50.3. The van der Waals surface area contributed by atoms with Crippen LogP contribution in [0.15, 0.2) is 64.2 Å². The van der Waals surface area contributed by atoms with Crippen LogP contribution in [0.3, 0.4) is 0 Å². The number of nitrogens with one attached hydrogen (secondary N) is 1. The van der Waals surface area contributed by atoms with E-state index >= 15 is 0 Å². The standard InChI is InChI=1S/C26H25F3N4O3S/c1-3-16(2)18-7-11-20(12-8-18)36-14-4-13-35-19-9-5-17(6-10-19)15-21-22(30)33-25(31-23(21)34)37-24(32-33)26(27,28)29/h5-12,15-16,30H,3-4,13-14H2,1-2H3/b21-15-,30-22?. The summed E-state index contributed by atoms with van der Waals surface area (Å²) in [5, 5.41) is 10.8. The van der Waals surface area contributed by atoms with E-state index in [1.165, 1.54) is 11.6 Å². The average Bonchev–Trinajstić information content (AvgIpc) is 3.32. The highest BCUT2D eigenvalue weighted by Gasteiger charge is 2.46. The summed E-state index contributed by atoms with van der Waals surface area (Å²) in [7, 11) is 0. The van der Waals surface area contributed by atoms with Crippen LogP contribution in [0.5, 0.6) is 11.5 Å². The Morgan fingerprint density at radius 1 is 1.05 bits per heavy atom. The van der Waals surface area contributed by atoms with Gasteiger partial charge in [0.25, 0.3) is 5.91 Å². The number of aliphatic imine (C=N–C) groups is 1. The smallest absolute Gasteiger partial charge is 0.441 e. The summed E-state index contributed by atoms with van der Waals surface area (Å²) in [5.41, 5.74) is 1.70. The first-order chi connectivity index (χ1) is 17.7. The number of carbonyl (C=O) groups excluding carboxylic acids is 1. The van der Waals surface area contributed by atoms with Gasteiger partial charge in [-0.2, -0.15) is 28.3 Å². The molecule has 1 atom stereocenters. The van der Waals surface area contributed by atoms with E-state index in [0.29, 0.717) is 36.9 Å². The summed E-state index contributed by atoms with van der Waals surface area (Å²) in [6.45, 7) is 5.30. The number of thioether (sulfide) groups is 1. The lowest BCUT2D eigenvalue weighted by Crippen LogP contribution is -2.35. The van der Waals surface area contributed by atoms with Crippen LogP contribution >= 0.6 is 11.8 Å². The molecule has 0 radical (unpaired) electrons. The van der Waals surface area contributed by atoms with Crippen molar-refractivity contribution in [3.63, 3.8) is 0 Å². The Balaban J connectivity index is 1.28. The zero-order chi connectivity index (χ0) is 26.6. The molecule has 2 aliphatic heterocycles. The van der Waals surface area contributed by atoms with E-state index in [0.717, 1.165) is 17.2 Å². The fraction of sp³-hybridized carbons (Fsp3) is 0.308. The molecular weight excluding hydrogens is 505 g/mol. The molecule has 1 N–H and O–H groups in total. The number of carbonyl (C=O) groups is 1. The summed E-state index contributed by atoms with van der Waals surface area (Å²) >= 11 is 0.218. The molecule has 0 bridgehead atoms. The molecule has 0 spiro atoms. The molecule has 1 unspecified atom stereocenters. The Labute approximate surface area is 216 Å². The topological polar surface area (TPSA) is 87.3 Å². The van der Waals surface area contributed by atoms with E-state index in [4.69, 9.17) is 14.9 Å². The second kappa shape index (κ2) is 11.2. The van der Waals surface area contributed by atoms with Gasteiger partial charge >= 0.3 is 6.18 Å². The zero-order valence-corrected chi connectivity index (χ0v) is 21.0. The minimum Gasteiger partial charge on any atom is -0.493 e. The van der Waals surface area contributed by atoms with Crippen LogP contribution in [0.1, 0.15) is 43.7 Å². The Morgan fingerprint density at radius 3 is 2.22 bits per heavy atom. The van der Waals surface area contributed by atoms with Gasteiger partial charge in [0.15, 0.2) is 5.84 Å². The van der Waals surface area contributed by atoms with E-state index in [2.05, 4.69) is 36.1 Å². The first-order valence-corrected chi connectivity index (χ1v) is 12.5. The number of nitrogens with zero attached hydrogens (tertiary/aromatic N) is 3. The second-order valence-corrected chi connectivity index (χ2v) is 9.38. The molecule has 2 aromatic carbocycles. The van der Waals surface area contributed by atoms with Gasteiger partial charge in [-0.15, -0.1) is 0 Å². The van der Waals surface area contributed by atoms with Gasteiger partial charge in [0, 0.05) is 6.42 Å². The van der Waals surface area contributed by atoms with Crippen LogP contribution in [0, 0.1) is 5.41 Å². The molecule has 4 rings (SSSR count). The number of hydrogen-bond donors (Lipinski definition) is 1. The van der Waals surface area contributed by atoms with Gasteiger partial charge < -0.3 is 9.47 Å². The van der Waals surface area contributed by atoms with Gasteiger partial charge in [-0.3, -0.25) is 10.2 Å². The number of benzene rings is 2. The Kier molecular flexibility index (Phi) is 8.01. The maximum absolute atomic E-state index is 12.9. The summed E-state index contributed by atoms with van der Waals surface area (Å²) in [4.78, 5) is 16.0. The van der Waals surface area contributed by atoms with E-state index in [1.807, 2.05) is 12.1 Å². The predicted molar refractivity (Wildman–Crippen MR) is 138 cm³/mol. The van der Waals surface area contributed by atoms with Crippen LogP contribution in [0.25, 0.3) is 6.08 Å². The van der Waals surface area contributed by atoms with Gasteiger partial charge in [0.2, 0.25) is 10.2 Å². The van der Waals surface area contributed by atoms with Gasteiger partial charge in [-0.1, -0.05) is 38.1 Å². The molecule has 0 saturated carbocycles. The van der Waals surface area contributed by atoms with E-state index in [1.54, 1.807) is 24.3 Å². The Hall–Kier alpha value is -3.60. The van der Waals surface area contributed by atoms with Crippen molar-refractivity contribution in [1.82, 2.24) is 5.01 Å². The normalized spacial score (nSPS) is 17.4. The van der Waals surface area contributed by atoms with E-state index in [9.17, 15) is 18.0 Å². The SMILES string of the molecule is CCC(C)c1ccc(OCCCOc2ccc(/C=C3/C(=N)N4N=C(C(F)(F)F)SC4=NC3=O)cc2)cc1.